The van der Waals surface area contributed by atoms with Gasteiger partial charge >= 0.3 is 11.9 Å². The summed E-state index contributed by atoms with van der Waals surface area (Å²) in [4.78, 5) is 50.7. The predicted octanol–water partition coefficient (Wildman–Crippen LogP) is 4.86. The Bertz CT molecular complexity index is 1570. The molecule has 2 aromatic carbocycles. The van der Waals surface area contributed by atoms with Crippen LogP contribution in [0.2, 0.25) is 0 Å². The molecule has 37 heavy (non-hydrogen) atoms. The van der Waals surface area contributed by atoms with Gasteiger partial charge in [0.1, 0.15) is 16.8 Å². The first-order valence-corrected chi connectivity index (χ1v) is 11.4. The molecule has 0 aliphatic carbocycles. The van der Waals surface area contributed by atoms with Crippen molar-refractivity contribution in [3.05, 3.63) is 116 Å². The Morgan fingerprint density at radius 2 is 1.54 bits per heavy atom. The largest absolute Gasteiger partial charge is 0.465 e. The van der Waals surface area contributed by atoms with E-state index in [1.165, 1.54) is 29.7 Å². The van der Waals surface area contributed by atoms with Crippen LogP contribution in [0.5, 0.6) is 0 Å². The highest BCUT2D eigenvalue weighted by Crippen LogP contribution is 2.34. The fourth-order valence-electron chi connectivity index (χ4n) is 4.57. The lowest BCUT2D eigenvalue weighted by molar-refractivity contribution is -0.384. The van der Waals surface area contributed by atoms with Gasteiger partial charge in [-0.1, -0.05) is 42.5 Å². The third kappa shape index (κ3) is 4.47. The maximum atomic E-state index is 13.8. The molecule has 0 atom stereocenters. The van der Waals surface area contributed by atoms with E-state index in [0.717, 1.165) is 24.3 Å². The maximum absolute atomic E-state index is 13.8. The zero-order valence-electron chi connectivity index (χ0n) is 20.7. The summed E-state index contributed by atoms with van der Waals surface area (Å²) < 4.78 is 11.5. The molecular formula is C28H24N2O7. The number of hydrogen-bond acceptors (Lipinski definition) is 7. The minimum Gasteiger partial charge on any atom is -0.465 e. The third-order valence-electron chi connectivity index (χ3n) is 6.29. The Balaban J connectivity index is 2.09. The van der Waals surface area contributed by atoms with Crippen LogP contribution in [0.15, 0.2) is 60.7 Å². The first-order chi connectivity index (χ1) is 17.7. The molecule has 4 aromatic rings. The number of ketones is 1. The number of nitrogens with zero attached hydrogens (tertiary/aromatic N) is 2. The Kier molecular flexibility index (Phi) is 6.88. The number of hydrogen-bond donors (Lipinski definition) is 0. The molecule has 0 saturated heterocycles. The van der Waals surface area contributed by atoms with Crippen LogP contribution in [0, 0.1) is 24.0 Å². The Morgan fingerprint density at radius 3 is 2.16 bits per heavy atom. The van der Waals surface area contributed by atoms with Crippen molar-refractivity contribution in [2.24, 2.45) is 0 Å². The third-order valence-corrected chi connectivity index (χ3v) is 6.29. The van der Waals surface area contributed by atoms with Crippen LogP contribution in [0.1, 0.15) is 59.2 Å². The van der Waals surface area contributed by atoms with Crippen LogP contribution < -0.4 is 0 Å². The highest BCUT2D eigenvalue weighted by molar-refractivity contribution is 6.20. The molecule has 0 unspecified atom stereocenters. The van der Waals surface area contributed by atoms with Gasteiger partial charge in [-0.25, -0.2) is 9.59 Å². The second-order valence-electron chi connectivity index (χ2n) is 8.50. The Labute approximate surface area is 212 Å². The van der Waals surface area contributed by atoms with Crippen molar-refractivity contribution in [2.45, 2.75) is 20.3 Å². The van der Waals surface area contributed by atoms with Gasteiger partial charge in [0.25, 0.3) is 5.69 Å². The molecule has 2 aromatic heterocycles. The number of rotatable bonds is 7. The fourth-order valence-corrected chi connectivity index (χ4v) is 4.57. The summed E-state index contributed by atoms with van der Waals surface area (Å²) in [7, 11) is 2.33. The number of fused-ring (bicyclic) bond motifs is 1. The molecular weight excluding hydrogens is 476 g/mol. The van der Waals surface area contributed by atoms with E-state index in [0.29, 0.717) is 23.2 Å². The van der Waals surface area contributed by atoms with Gasteiger partial charge in [-0.05, 0) is 43.0 Å². The van der Waals surface area contributed by atoms with Gasteiger partial charge in [-0.15, -0.1) is 0 Å². The average Bonchev–Trinajstić information content (AvgIpc) is 3.27. The van der Waals surface area contributed by atoms with Gasteiger partial charge in [-0.2, -0.15) is 0 Å². The second kappa shape index (κ2) is 10.1. The van der Waals surface area contributed by atoms with Crippen molar-refractivity contribution in [1.29, 1.82) is 0 Å². The summed E-state index contributed by atoms with van der Waals surface area (Å²) in [5.41, 5.74) is 2.76. The molecule has 0 N–H and O–H groups in total. The number of carbonyl (C=O) groups excluding carboxylic acids is 3. The lowest BCUT2D eigenvalue weighted by Gasteiger charge is -2.14. The molecule has 0 radical (unpaired) electrons. The zero-order valence-corrected chi connectivity index (χ0v) is 20.7. The molecule has 188 valence electrons. The minimum atomic E-state index is -0.902. The van der Waals surface area contributed by atoms with Crippen molar-refractivity contribution in [3.8, 4) is 0 Å². The molecule has 0 amide bonds. The molecule has 0 aliphatic heterocycles. The van der Waals surface area contributed by atoms with Crippen LogP contribution >= 0.6 is 0 Å². The Hall–Kier alpha value is -4.79. The summed E-state index contributed by atoms with van der Waals surface area (Å²) in [6.45, 7) is 3.56. The molecule has 4 rings (SSSR count). The summed E-state index contributed by atoms with van der Waals surface area (Å²) in [6.07, 6.45) is 0.553. The van der Waals surface area contributed by atoms with Gasteiger partial charge in [0, 0.05) is 23.4 Å². The molecule has 0 fully saturated rings. The zero-order chi connectivity index (χ0) is 26.9. The molecule has 0 spiro atoms. The van der Waals surface area contributed by atoms with Crippen molar-refractivity contribution < 1.29 is 28.8 Å². The standard InChI is InChI=1S/C28H24N2O7/c1-16-13-20(14-18-9-6-5-7-10-18)17(2)24-22(27(32)36-3)23(28(33)37-4)25(29(16)24)26(31)19-11-8-12-21(15-19)30(34)35/h5-13,15H,14H2,1-4H3. The SMILES string of the molecule is COC(=O)c1c(C(=O)OC)c2c(C)c(Cc3ccccc3)cc(C)n2c1C(=O)c1cccc([N+](=O)[O-])c1. The van der Waals surface area contributed by atoms with Gasteiger partial charge in [0.05, 0.1) is 24.7 Å². The van der Waals surface area contributed by atoms with Crippen LogP contribution in [0.25, 0.3) is 5.52 Å². The highest BCUT2D eigenvalue weighted by atomic mass is 16.6. The van der Waals surface area contributed by atoms with Gasteiger partial charge in [0.2, 0.25) is 5.78 Å². The van der Waals surface area contributed by atoms with E-state index in [-0.39, 0.29) is 28.1 Å². The number of esters is 2. The molecule has 9 heteroatoms. The number of non-ortho nitro benzene ring substituents is 1. The normalized spacial score (nSPS) is 10.8. The monoisotopic (exact) mass is 500 g/mol. The van der Waals surface area contributed by atoms with E-state index >= 15 is 0 Å². The van der Waals surface area contributed by atoms with E-state index in [9.17, 15) is 24.5 Å². The van der Waals surface area contributed by atoms with Crippen molar-refractivity contribution in [1.82, 2.24) is 4.40 Å². The summed E-state index contributed by atoms with van der Waals surface area (Å²) in [6, 6.07) is 16.8. The molecule has 0 aliphatic rings. The van der Waals surface area contributed by atoms with Crippen LogP contribution in [-0.4, -0.2) is 41.3 Å². The first-order valence-electron chi connectivity index (χ1n) is 11.4. The van der Waals surface area contributed by atoms with Crippen LogP contribution in [0.4, 0.5) is 5.69 Å². The molecule has 0 saturated carbocycles. The number of nitro benzene ring substituents is 1. The number of nitro groups is 1. The van der Waals surface area contributed by atoms with Crippen molar-refractivity contribution in [3.63, 3.8) is 0 Å². The fraction of sp³-hybridized carbons (Fsp3) is 0.179. The molecule has 2 heterocycles. The number of pyridine rings is 1. The second-order valence-corrected chi connectivity index (χ2v) is 8.50. The number of benzene rings is 2. The maximum Gasteiger partial charge on any atom is 0.341 e. The number of aromatic nitrogens is 1. The van der Waals surface area contributed by atoms with Gasteiger partial charge < -0.3 is 13.9 Å². The summed E-state index contributed by atoms with van der Waals surface area (Å²) in [5.74, 6) is -2.38. The number of aryl methyl sites for hydroxylation is 2. The van der Waals surface area contributed by atoms with Gasteiger partial charge in [0.15, 0.2) is 0 Å². The highest BCUT2D eigenvalue weighted by Gasteiger charge is 2.35. The van der Waals surface area contributed by atoms with Crippen molar-refractivity contribution in [2.75, 3.05) is 14.2 Å². The topological polar surface area (TPSA) is 117 Å². The van der Waals surface area contributed by atoms with E-state index in [1.54, 1.807) is 6.92 Å². The number of ether oxygens (including phenoxy) is 2. The average molecular weight is 501 g/mol. The lowest BCUT2D eigenvalue weighted by Crippen LogP contribution is -2.15. The molecule has 9 nitrogen and oxygen atoms in total. The van der Waals surface area contributed by atoms with E-state index in [2.05, 4.69) is 0 Å². The number of carbonyl (C=O) groups is 3. The van der Waals surface area contributed by atoms with E-state index in [1.807, 2.05) is 43.3 Å². The summed E-state index contributed by atoms with van der Waals surface area (Å²) >= 11 is 0. The van der Waals surface area contributed by atoms with E-state index < -0.39 is 22.6 Å². The predicted molar refractivity (Wildman–Crippen MR) is 135 cm³/mol. The smallest absolute Gasteiger partial charge is 0.341 e. The van der Waals surface area contributed by atoms with Crippen LogP contribution in [-0.2, 0) is 15.9 Å². The molecule has 0 bridgehead atoms. The summed E-state index contributed by atoms with van der Waals surface area (Å²) in [5, 5.41) is 11.3. The van der Waals surface area contributed by atoms with E-state index in [4.69, 9.17) is 9.47 Å². The quantitative estimate of drug-likeness (QED) is 0.154. The lowest BCUT2D eigenvalue weighted by atomic mass is 9.98. The first kappa shape index (κ1) is 25.3. The van der Waals surface area contributed by atoms with Gasteiger partial charge in [-0.3, -0.25) is 14.9 Å². The number of methoxy groups -OCH3 is 2. The Morgan fingerprint density at radius 1 is 0.892 bits per heavy atom. The van der Waals surface area contributed by atoms with Crippen molar-refractivity contribution >= 4 is 28.9 Å². The minimum absolute atomic E-state index is 0.0133. The van der Waals surface area contributed by atoms with Crippen LogP contribution in [0.3, 0.4) is 0 Å².